The van der Waals surface area contributed by atoms with Gasteiger partial charge in [0, 0.05) is 0 Å². The first-order valence-corrected chi connectivity index (χ1v) is 4.46. The molecule has 1 aromatic rings. The molecule has 0 radical (unpaired) electrons. The predicted molar refractivity (Wildman–Crippen MR) is 40.9 cm³/mol. The molecule has 0 bridgehead atoms. The average Bonchev–Trinajstić information content (AvgIpc) is 1.78. The van der Waals surface area contributed by atoms with Crippen molar-refractivity contribution >= 4 is 8.09 Å². The average molecular weight is 210 g/mol. The van der Waals surface area contributed by atoms with Gasteiger partial charge in [-0.1, -0.05) is 0 Å². The Balaban J connectivity index is 3.67. The summed E-state index contributed by atoms with van der Waals surface area (Å²) in [5, 5.41) is 0. The summed E-state index contributed by atoms with van der Waals surface area (Å²) in [6.07, 6.45) is 0. The van der Waals surface area contributed by atoms with E-state index >= 15 is 0 Å². The molecule has 0 saturated heterocycles. The lowest BCUT2D eigenvalue weighted by Gasteiger charge is -2.01. The van der Waals surface area contributed by atoms with E-state index < -0.39 is 25.2 Å². The van der Waals surface area contributed by atoms with Crippen LogP contribution in [0.1, 0.15) is 0 Å². The van der Waals surface area contributed by atoms with Gasteiger partial charge in [0.15, 0.2) is 0 Å². The lowest BCUT2D eigenvalue weighted by molar-refractivity contribution is 0.311. The Bertz CT molecular complexity index is 441. The summed E-state index contributed by atoms with van der Waals surface area (Å²) in [7, 11) is -4.77. The van der Waals surface area contributed by atoms with Gasteiger partial charge in [0.25, 0.3) is 0 Å². The van der Waals surface area contributed by atoms with Crippen molar-refractivity contribution < 1.29 is 14.7 Å². The summed E-state index contributed by atoms with van der Waals surface area (Å²) in [5.41, 5.74) is -3.89. The number of nitrogens with one attached hydrogen (secondary N) is 2. The van der Waals surface area contributed by atoms with Crippen LogP contribution in [-0.2, 0) is 0 Å². The van der Waals surface area contributed by atoms with Crippen LogP contribution < -0.4 is 17.1 Å². The Morgan fingerprint density at radius 3 is 1.69 bits per heavy atom. The van der Waals surface area contributed by atoms with Gasteiger partial charge in [-0.05, 0) is 4.34 Å². The summed E-state index contributed by atoms with van der Waals surface area (Å²) < 4.78 is -0.269. The fraction of sp³-hybridized carbons (Fsp3) is 0. The minimum atomic E-state index is -4.77. The lowest BCUT2D eigenvalue weighted by atomic mass is 11.0. The SMILES string of the molecule is O=c1[nH]c(=O)n([P+](O)(O)O)c(=O)[nH]1. The molecule has 0 atom stereocenters. The molecular weight excluding hydrogens is 205 g/mol. The summed E-state index contributed by atoms with van der Waals surface area (Å²) in [6, 6.07) is 0. The predicted octanol–water partition coefficient (Wildman–Crippen LogP) is -3.27. The van der Waals surface area contributed by atoms with Gasteiger partial charge >= 0.3 is 25.2 Å². The Morgan fingerprint density at radius 2 is 1.38 bits per heavy atom. The zero-order valence-corrected chi connectivity index (χ0v) is 6.86. The van der Waals surface area contributed by atoms with Gasteiger partial charge < -0.3 is 0 Å². The maximum atomic E-state index is 10.7. The minimum Gasteiger partial charge on any atom is -0.256 e. The molecule has 5 N–H and O–H groups in total. The second-order valence-corrected chi connectivity index (χ2v) is 3.51. The Morgan fingerprint density at radius 1 is 1.00 bits per heavy atom. The minimum absolute atomic E-state index is 0.269. The number of aromatic nitrogens is 3. The molecule has 0 aromatic carbocycles. The lowest BCUT2D eigenvalue weighted by Crippen LogP contribution is -2.43. The highest BCUT2D eigenvalue weighted by atomic mass is 31.2. The van der Waals surface area contributed by atoms with E-state index in [0.717, 1.165) is 0 Å². The number of hydrogen-bond donors (Lipinski definition) is 5. The van der Waals surface area contributed by atoms with Gasteiger partial charge in [-0.3, -0.25) is 9.97 Å². The van der Waals surface area contributed by atoms with Crippen molar-refractivity contribution in [1.82, 2.24) is 14.3 Å². The van der Waals surface area contributed by atoms with Crippen LogP contribution in [0.5, 0.6) is 0 Å². The van der Waals surface area contributed by atoms with Crippen LogP contribution in [0.2, 0.25) is 0 Å². The fourth-order valence-corrected chi connectivity index (χ4v) is 1.25. The summed E-state index contributed by atoms with van der Waals surface area (Å²) >= 11 is 0. The van der Waals surface area contributed by atoms with Crippen molar-refractivity contribution in [1.29, 1.82) is 0 Å². The molecule has 0 unspecified atom stereocenters. The molecule has 0 saturated carbocycles. The molecule has 0 fully saturated rings. The number of H-pyrrole nitrogens is 2. The maximum absolute atomic E-state index is 10.7. The number of aromatic amines is 2. The van der Waals surface area contributed by atoms with E-state index in [1.54, 1.807) is 0 Å². The first-order valence-electron chi connectivity index (χ1n) is 2.86. The van der Waals surface area contributed by atoms with Gasteiger partial charge in [0.05, 0.1) is 0 Å². The van der Waals surface area contributed by atoms with Gasteiger partial charge in [0.1, 0.15) is 0 Å². The van der Waals surface area contributed by atoms with Crippen molar-refractivity contribution in [2.45, 2.75) is 0 Å². The Hall–Kier alpha value is -1.28. The fourth-order valence-electron chi connectivity index (χ4n) is 0.667. The molecule has 1 aromatic heterocycles. The normalized spacial score (nSPS) is 11.6. The molecule has 0 amide bonds. The molecule has 1 rings (SSSR count). The van der Waals surface area contributed by atoms with Crippen LogP contribution in [0, 0.1) is 0 Å². The molecule has 13 heavy (non-hydrogen) atoms. The van der Waals surface area contributed by atoms with Crippen LogP contribution in [0.4, 0.5) is 0 Å². The first kappa shape index (κ1) is 9.81. The third-order valence-corrected chi connectivity index (χ3v) is 1.99. The first-order chi connectivity index (χ1) is 5.82. The Labute approximate surface area is 69.6 Å². The molecule has 9 nitrogen and oxygen atoms in total. The van der Waals surface area contributed by atoms with E-state index in [-0.39, 0.29) is 4.34 Å². The number of rotatable bonds is 1. The standard InChI is InChI=1S/C3H4N3O6P/c7-1-4-2(8)6(3(9)5-1)13(10,11)12/h10-12H,(H-,4,5,7,8,9)/p+1. The zero-order chi connectivity index (χ0) is 10.2. The van der Waals surface area contributed by atoms with E-state index in [1.165, 1.54) is 9.97 Å². The quantitative estimate of drug-likeness (QED) is 0.307. The van der Waals surface area contributed by atoms with Crippen molar-refractivity contribution in [2.75, 3.05) is 0 Å². The highest BCUT2D eigenvalue weighted by molar-refractivity contribution is 7.56. The monoisotopic (exact) mass is 210 g/mol. The second-order valence-electron chi connectivity index (χ2n) is 2.04. The second kappa shape index (κ2) is 2.89. The van der Waals surface area contributed by atoms with Gasteiger partial charge in [-0.25, -0.2) is 14.4 Å². The van der Waals surface area contributed by atoms with E-state index in [4.69, 9.17) is 14.7 Å². The van der Waals surface area contributed by atoms with Crippen molar-refractivity contribution in [2.24, 2.45) is 0 Å². The van der Waals surface area contributed by atoms with E-state index in [1.807, 2.05) is 0 Å². The summed E-state index contributed by atoms with van der Waals surface area (Å²) in [6.45, 7) is 0. The molecule has 0 spiro atoms. The summed E-state index contributed by atoms with van der Waals surface area (Å²) in [5.74, 6) is 0. The molecule has 0 aliphatic carbocycles. The highest BCUT2D eigenvalue weighted by Gasteiger charge is 2.38. The smallest absolute Gasteiger partial charge is 0.256 e. The van der Waals surface area contributed by atoms with E-state index in [2.05, 4.69) is 0 Å². The van der Waals surface area contributed by atoms with Crippen LogP contribution in [0.15, 0.2) is 14.4 Å². The van der Waals surface area contributed by atoms with Gasteiger partial charge in [-0.2, -0.15) is 14.7 Å². The molecule has 0 aliphatic heterocycles. The van der Waals surface area contributed by atoms with Gasteiger partial charge in [-0.15, -0.1) is 0 Å². The Kier molecular flexibility index (Phi) is 2.18. The molecule has 1 heterocycles. The zero-order valence-electron chi connectivity index (χ0n) is 5.96. The number of hydrogen-bond acceptors (Lipinski definition) is 6. The third-order valence-electron chi connectivity index (χ3n) is 1.09. The molecule has 0 aliphatic rings. The highest BCUT2D eigenvalue weighted by Crippen LogP contribution is 2.42. The third kappa shape index (κ3) is 1.90. The van der Waals surface area contributed by atoms with Crippen LogP contribution in [0.25, 0.3) is 0 Å². The molecular formula is C3H5N3O6P+. The maximum Gasteiger partial charge on any atom is 0.536 e. The molecule has 72 valence electrons. The van der Waals surface area contributed by atoms with Crippen LogP contribution >= 0.6 is 8.09 Å². The van der Waals surface area contributed by atoms with E-state index in [0.29, 0.717) is 0 Å². The topological polar surface area (TPSA) is 148 Å². The van der Waals surface area contributed by atoms with Crippen molar-refractivity contribution in [3.63, 3.8) is 0 Å². The van der Waals surface area contributed by atoms with Crippen molar-refractivity contribution in [3.05, 3.63) is 31.5 Å². The summed E-state index contributed by atoms with van der Waals surface area (Å²) in [4.78, 5) is 60.7. The van der Waals surface area contributed by atoms with E-state index in [9.17, 15) is 14.4 Å². The van der Waals surface area contributed by atoms with Crippen LogP contribution in [0.3, 0.4) is 0 Å². The largest absolute Gasteiger partial charge is 0.536 e. The van der Waals surface area contributed by atoms with Gasteiger partial charge in [0.2, 0.25) is 0 Å². The van der Waals surface area contributed by atoms with Crippen molar-refractivity contribution in [3.8, 4) is 0 Å². The molecule has 10 heteroatoms. The number of nitrogens with zero attached hydrogens (tertiary/aromatic N) is 1. The van der Waals surface area contributed by atoms with Crippen LogP contribution in [-0.4, -0.2) is 29.0 Å².